The summed E-state index contributed by atoms with van der Waals surface area (Å²) in [5.74, 6) is -0.538. The molecule has 8 nitrogen and oxygen atoms in total. The van der Waals surface area contributed by atoms with Gasteiger partial charge >= 0.3 is 5.97 Å². The fourth-order valence-corrected chi connectivity index (χ4v) is 3.30. The highest BCUT2D eigenvalue weighted by Crippen LogP contribution is 2.30. The Hall–Kier alpha value is -2.94. The van der Waals surface area contributed by atoms with Crippen molar-refractivity contribution in [1.82, 2.24) is 0 Å². The highest BCUT2D eigenvalue weighted by atomic mass is 79.9. The van der Waals surface area contributed by atoms with E-state index >= 15 is 0 Å². The van der Waals surface area contributed by atoms with Crippen molar-refractivity contribution in [2.45, 2.75) is 12.8 Å². The zero-order chi connectivity index (χ0) is 20.1. The quantitative estimate of drug-likeness (QED) is 0.382. The molecule has 28 heavy (non-hydrogen) atoms. The van der Waals surface area contributed by atoms with Crippen LogP contribution in [-0.4, -0.2) is 36.6 Å². The first-order chi connectivity index (χ1) is 13.4. The van der Waals surface area contributed by atoms with Crippen molar-refractivity contribution in [3.05, 3.63) is 62.6 Å². The summed E-state index contributed by atoms with van der Waals surface area (Å²) in [5, 5.41) is 10.9. The molecule has 0 atom stereocenters. The molecular weight excluding hydrogens is 432 g/mol. The number of carbonyl (C=O) groups excluding carboxylic acids is 2. The van der Waals surface area contributed by atoms with Gasteiger partial charge < -0.3 is 14.4 Å². The summed E-state index contributed by atoms with van der Waals surface area (Å²) in [6.07, 6.45) is 1.33. The zero-order valence-electron chi connectivity index (χ0n) is 14.8. The lowest BCUT2D eigenvalue weighted by molar-refractivity contribution is -0.384. The van der Waals surface area contributed by atoms with E-state index in [1.54, 1.807) is 24.3 Å². The predicted molar refractivity (Wildman–Crippen MR) is 104 cm³/mol. The molecule has 0 spiro atoms. The van der Waals surface area contributed by atoms with Crippen molar-refractivity contribution in [3.63, 3.8) is 0 Å². The number of fused-ring (bicyclic) bond motifs is 1. The normalized spacial score (nSPS) is 12.8. The van der Waals surface area contributed by atoms with Crippen molar-refractivity contribution in [2.75, 3.05) is 24.7 Å². The topological polar surface area (TPSA) is 99.0 Å². The van der Waals surface area contributed by atoms with Crippen molar-refractivity contribution < 1.29 is 24.0 Å². The van der Waals surface area contributed by atoms with Crippen LogP contribution < -0.4 is 9.64 Å². The van der Waals surface area contributed by atoms with Crippen molar-refractivity contribution in [2.24, 2.45) is 0 Å². The second-order valence-corrected chi connectivity index (χ2v) is 7.04. The minimum atomic E-state index is -0.658. The average molecular weight is 449 g/mol. The number of non-ortho nitro benzene ring substituents is 1. The van der Waals surface area contributed by atoms with Crippen LogP contribution in [0.15, 0.2) is 46.9 Å². The van der Waals surface area contributed by atoms with Crippen molar-refractivity contribution in [3.8, 4) is 5.75 Å². The number of benzene rings is 2. The first-order valence-electron chi connectivity index (χ1n) is 8.56. The molecule has 0 bridgehead atoms. The van der Waals surface area contributed by atoms with E-state index in [4.69, 9.17) is 9.47 Å². The number of nitrogens with zero attached hydrogens (tertiary/aromatic N) is 2. The van der Waals surface area contributed by atoms with Crippen LogP contribution in [0.4, 0.5) is 11.4 Å². The monoisotopic (exact) mass is 448 g/mol. The van der Waals surface area contributed by atoms with Crippen molar-refractivity contribution >= 4 is 39.2 Å². The molecule has 0 radical (unpaired) electrons. The van der Waals surface area contributed by atoms with Crippen molar-refractivity contribution in [1.29, 1.82) is 0 Å². The number of hydrogen-bond donors (Lipinski definition) is 0. The lowest BCUT2D eigenvalue weighted by Crippen LogP contribution is -2.38. The van der Waals surface area contributed by atoms with Gasteiger partial charge in [0.2, 0.25) is 0 Å². The molecule has 1 heterocycles. The van der Waals surface area contributed by atoms with Crippen LogP contribution >= 0.6 is 15.9 Å². The lowest BCUT2D eigenvalue weighted by atomic mass is 10.0. The number of amides is 1. The van der Waals surface area contributed by atoms with Crippen LogP contribution in [0, 0.1) is 10.1 Å². The Morgan fingerprint density at radius 2 is 2.00 bits per heavy atom. The molecule has 0 saturated heterocycles. The second kappa shape index (κ2) is 8.83. The molecule has 0 unspecified atom stereocenters. The van der Waals surface area contributed by atoms with Crippen LogP contribution in [0.3, 0.4) is 0 Å². The third-order valence-electron chi connectivity index (χ3n) is 4.20. The van der Waals surface area contributed by atoms with E-state index in [-0.39, 0.29) is 18.2 Å². The molecule has 0 aromatic heterocycles. The van der Waals surface area contributed by atoms with Gasteiger partial charge in [-0.25, -0.2) is 4.79 Å². The van der Waals surface area contributed by atoms with Crippen LogP contribution in [0.25, 0.3) is 0 Å². The molecule has 0 N–H and O–H groups in total. The molecule has 1 aliphatic heterocycles. The van der Waals surface area contributed by atoms with E-state index < -0.39 is 17.5 Å². The number of ether oxygens (including phenoxy) is 2. The Labute approximate surface area is 169 Å². The zero-order valence-corrected chi connectivity index (χ0v) is 16.4. The average Bonchev–Trinajstić information content (AvgIpc) is 2.69. The highest BCUT2D eigenvalue weighted by molar-refractivity contribution is 9.10. The maximum Gasteiger partial charge on any atom is 0.344 e. The lowest BCUT2D eigenvalue weighted by Gasteiger charge is -2.29. The number of hydrogen-bond acceptors (Lipinski definition) is 6. The van der Waals surface area contributed by atoms with Crippen LogP contribution in [0.5, 0.6) is 5.75 Å². The standard InChI is InChI=1S/C19H17BrN2O6/c20-14-4-1-5-16(10-14)27-12-19(24)28-11-18(23)21-8-2-3-13-9-15(22(25)26)6-7-17(13)21/h1,4-7,9-10H,2-3,8,11-12H2. The number of esters is 1. The number of halogens is 1. The van der Waals surface area contributed by atoms with E-state index in [2.05, 4.69) is 15.9 Å². The van der Waals surface area contributed by atoms with Crippen LogP contribution in [0.1, 0.15) is 12.0 Å². The third-order valence-corrected chi connectivity index (χ3v) is 4.70. The molecule has 146 valence electrons. The predicted octanol–water partition coefficient (Wildman–Crippen LogP) is 3.26. The first kappa shape index (κ1) is 19.8. The molecular formula is C19H17BrN2O6. The number of carbonyl (C=O) groups is 2. The highest BCUT2D eigenvalue weighted by Gasteiger charge is 2.25. The number of nitro benzene ring substituents is 1. The fraction of sp³-hybridized carbons (Fsp3) is 0.263. The molecule has 0 saturated carbocycles. The Balaban J connectivity index is 1.55. The molecule has 2 aromatic carbocycles. The van der Waals surface area contributed by atoms with Gasteiger partial charge in [-0.3, -0.25) is 14.9 Å². The van der Waals surface area contributed by atoms with Gasteiger partial charge in [-0.05, 0) is 42.7 Å². The van der Waals surface area contributed by atoms with Crippen LogP contribution in [-0.2, 0) is 20.7 Å². The smallest absolute Gasteiger partial charge is 0.344 e. The van der Waals surface area contributed by atoms with Gasteiger partial charge in [-0.15, -0.1) is 0 Å². The fourth-order valence-electron chi connectivity index (χ4n) is 2.92. The van der Waals surface area contributed by atoms with Crippen LogP contribution in [0.2, 0.25) is 0 Å². The summed E-state index contributed by atoms with van der Waals surface area (Å²) in [4.78, 5) is 36.3. The number of anilines is 1. The summed E-state index contributed by atoms with van der Waals surface area (Å²) in [6.45, 7) is -0.265. The Morgan fingerprint density at radius 1 is 1.18 bits per heavy atom. The Bertz CT molecular complexity index is 917. The Kier molecular flexibility index (Phi) is 6.25. The largest absolute Gasteiger partial charge is 0.482 e. The number of nitro groups is 1. The summed E-state index contributed by atoms with van der Waals surface area (Å²) in [5.41, 5.74) is 1.34. The van der Waals surface area contributed by atoms with Gasteiger partial charge in [0.05, 0.1) is 4.92 Å². The minimum Gasteiger partial charge on any atom is -0.482 e. The van der Waals surface area contributed by atoms with E-state index in [1.807, 2.05) is 6.07 Å². The van der Waals surface area contributed by atoms with Gasteiger partial charge in [0.15, 0.2) is 13.2 Å². The maximum atomic E-state index is 12.5. The molecule has 9 heteroatoms. The maximum absolute atomic E-state index is 12.5. The summed E-state index contributed by atoms with van der Waals surface area (Å²) < 4.78 is 11.2. The molecule has 0 aliphatic carbocycles. The molecule has 1 aliphatic rings. The van der Waals surface area contributed by atoms with Gasteiger partial charge in [0.1, 0.15) is 5.75 Å². The second-order valence-electron chi connectivity index (χ2n) is 6.13. The third kappa shape index (κ3) is 4.86. The first-order valence-corrected chi connectivity index (χ1v) is 9.35. The number of rotatable bonds is 6. The molecule has 0 fully saturated rings. The van der Waals surface area contributed by atoms with Gasteiger partial charge in [0.25, 0.3) is 11.6 Å². The molecule has 2 aromatic rings. The summed E-state index contributed by atoms with van der Waals surface area (Å²) in [6, 6.07) is 11.4. The molecule has 1 amide bonds. The van der Waals surface area contributed by atoms with Gasteiger partial charge in [0, 0.05) is 28.8 Å². The van der Waals surface area contributed by atoms with E-state index in [0.29, 0.717) is 30.8 Å². The Morgan fingerprint density at radius 3 is 2.75 bits per heavy atom. The van der Waals surface area contributed by atoms with Gasteiger partial charge in [-0.1, -0.05) is 22.0 Å². The van der Waals surface area contributed by atoms with E-state index in [1.165, 1.54) is 17.0 Å². The van der Waals surface area contributed by atoms with E-state index in [0.717, 1.165) is 10.0 Å². The molecule has 3 rings (SSSR count). The minimum absolute atomic E-state index is 0.0100. The summed E-state index contributed by atoms with van der Waals surface area (Å²) >= 11 is 3.30. The van der Waals surface area contributed by atoms with Gasteiger partial charge in [-0.2, -0.15) is 0 Å². The number of aryl methyl sites for hydroxylation is 1. The summed E-state index contributed by atoms with van der Waals surface area (Å²) in [7, 11) is 0. The SMILES string of the molecule is O=C(COc1cccc(Br)c1)OCC(=O)N1CCCc2cc([N+](=O)[O-])ccc21. The van der Waals surface area contributed by atoms with E-state index in [9.17, 15) is 19.7 Å².